The lowest BCUT2D eigenvalue weighted by Gasteiger charge is -2.20. The molecule has 0 aromatic carbocycles. The molecule has 2 atom stereocenters. The van der Waals surface area contributed by atoms with Crippen molar-refractivity contribution in [1.82, 2.24) is 0 Å². The van der Waals surface area contributed by atoms with Crippen molar-refractivity contribution in [2.24, 2.45) is 11.7 Å². The van der Waals surface area contributed by atoms with Gasteiger partial charge in [0.15, 0.2) is 0 Å². The Balaban J connectivity index is 3.94. The van der Waals surface area contributed by atoms with Crippen molar-refractivity contribution < 1.29 is 0 Å². The van der Waals surface area contributed by atoms with E-state index in [0.717, 1.165) is 19.3 Å². The largest absolute Gasteiger partial charge is 0.328 e. The summed E-state index contributed by atoms with van der Waals surface area (Å²) in [4.78, 5) is 0. The normalized spacial score (nSPS) is 15.4. The van der Waals surface area contributed by atoms with Gasteiger partial charge in [0, 0.05) is 6.04 Å². The summed E-state index contributed by atoms with van der Waals surface area (Å²) in [7, 11) is 0. The highest BCUT2D eigenvalue weighted by Gasteiger charge is 2.12. The first-order chi connectivity index (χ1) is 6.15. The quantitative estimate of drug-likeness (QED) is 0.601. The van der Waals surface area contributed by atoms with Crippen LogP contribution < -0.4 is 5.73 Å². The highest BCUT2D eigenvalue weighted by Crippen LogP contribution is 2.23. The third kappa shape index (κ3) is 5.09. The van der Waals surface area contributed by atoms with Gasteiger partial charge >= 0.3 is 0 Å². The van der Waals surface area contributed by atoms with Gasteiger partial charge in [0.05, 0.1) is 0 Å². The third-order valence-electron chi connectivity index (χ3n) is 2.75. The topological polar surface area (TPSA) is 26.0 Å². The molecule has 0 aliphatic carbocycles. The second-order valence-corrected chi connectivity index (χ2v) is 3.92. The molecule has 78 valence electrons. The minimum Gasteiger partial charge on any atom is -0.328 e. The number of rotatable bonds is 7. The number of allylic oxidation sites excluding steroid dienone is 1. The summed E-state index contributed by atoms with van der Waals surface area (Å²) in [5.41, 5.74) is 7.34. The van der Waals surface area contributed by atoms with Gasteiger partial charge in [-0.05, 0) is 31.6 Å². The average molecular weight is 183 g/mol. The smallest absolute Gasteiger partial charge is 0.00419 e. The molecule has 2 N–H and O–H groups in total. The van der Waals surface area contributed by atoms with Crippen LogP contribution in [-0.2, 0) is 0 Å². The first-order valence-electron chi connectivity index (χ1n) is 5.58. The molecule has 0 saturated heterocycles. The lowest BCUT2D eigenvalue weighted by molar-refractivity contribution is 0.453. The van der Waals surface area contributed by atoms with Gasteiger partial charge in [-0.2, -0.15) is 0 Å². The molecule has 13 heavy (non-hydrogen) atoms. The highest BCUT2D eigenvalue weighted by molar-refractivity contribution is 5.00. The molecule has 0 aromatic rings. The van der Waals surface area contributed by atoms with Crippen LogP contribution in [0, 0.1) is 5.92 Å². The number of nitrogens with two attached hydrogens (primary N) is 1. The molecule has 0 fully saturated rings. The molecule has 0 saturated carbocycles. The van der Waals surface area contributed by atoms with E-state index in [2.05, 4.69) is 27.4 Å². The van der Waals surface area contributed by atoms with E-state index in [1.54, 1.807) is 0 Å². The Kier molecular flexibility index (Phi) is 6.97. The van der Waals surface area contributed by atoms with E-state index in [9.17, 15) is 0 Å². The van der Waals surface area contributed by atoms with E-state index < -0.39 is 0 Å². The van der Waals surface area contributed by atoms with Crippen LogP contribution in [0.25, 0.3) is 0 Å². The standard InChI is InChI=1S/C12H25N/c1-5-8-10(4)11(6-2)9-12(13)7-3/h11-12H,4-9,13H2,1-3H3. The second kappa shape index (κ2) is 7.14. The Hall–Kier alpha value is -0.300. The zero-order valence-corrected chi connectivity index (χ0v) is 9.47. The van der Waals surface area contributed by atoms with E-state index in [1.807, 2.05) is 0 Å². The lowest BCUT2D eigenvalue weighted by atomic mass is 9.88. The predicted octanol–water partition coefficient (Wildman–Crippen LogP) is 3.50. The van der Waals surface area contributed by atoms with Crippen molar-refractivity contribution in [2.75, 3.05) is 0 Å². The second-order valence-electron chi connectivity index (χ2n) is 3.92. The molecule has 2 unspecified atom stereocenters. The molecule has 0 aliphatic rings. The van der Waals surface area contributed by atoms with E-state index in [4.69, 9.17) is 5.73 Å². The molecule has 0 aliphatic heterocycles. The van der Waals surface area contributed by atoms with Crippen LogP contribution in [0.15, 0.2) is 12.2 Å². The summed E-state index contributed by atoms with van der Waals surface area (Å²) in [6.45, 7) is 10.7. The van der Waals surface area contributed by atoms with Crippen LogP contribution in [0.4, 0.5) is 0 Å². The van der Waals surface area contributed by atoms with Gasteiger partial charge in [0.25, 0.3) is 0 Å². The minimum absolute atomic E-state index is 0.360. The Bertz CT molecular complexity index is 140. The van der Waals surface area contributed by atoms with Gasteiger partial charge in [-0.25, -0.2) is 0 Å². The molecule has 0 rings (SSSR count). The van der Waals surface area contributed by atoms with Gasteiger partial charge in [-0.1, -0.05) is 39.3 Å². The van der Waals surface area contributed by atoms with E-state index >= 15 is 0 Å². The van der Waals surface area contributed by atoms with Gasteiger partial charge in [-0.15, -0.1) is 0 Å². The Morgan fingerprint density at radius 3 is 2.23 bits per heavy atom. The molecule has 0 heterocycles. The molecule has 1 heteroatoms. The van der Waals surface area contributed by atoms with Crippen molar-refractivity contribution in [1.29, 1.82) is 0 Å². The minimum atomic E-state index is 0.360. The Morgan fingerprint density at radius 2 is 1.85 bits per heavy atom. The fourth-order valence-electron chi connectivity index (χ4n) is 1.68. The van der Waals surface area contributed by atoms with Crippen LogP contribution in [0.1, 0.15) is 52.9 Å². The van der Waals surface area contributed by atoms with Crippen molar-refractivity contribution in [3.8, 4) is 0 Å². The lowest BCUT2D eigenvalue weighted by Crippen LogP contribution is -2.23. The zero-order valence-electron chi connectivity index (χ0n) is 9.47. The average Bonchev–Trinajstić information content (AvgIpc) is 2.14. The molecule has 0 radical (unpaired) electrons. The van der Waals surface area contributed by atoms with Crippen LogP contribution in [0.3, 0.4) is 0 Å². The maximum Gasteiger partial charge on any atom is 0.00419 e. The Labute approximate surface area is 83.4 Å². The Morgan fingerprint density at radius 1 is 1.23 bits per heavy atom. The van der Waals surface area contributed by atoms with E-state index in [1.165, 1.54) is 18.4 Å². The molecule has 1 nitrogen and oxygen atoms in total. The summed E-state index contributed by atoms with van der Waals surface area (Å²) in [6, 6.07) is 0.360. The summed E-state index contributed by atoms with van der Waals surface area (Å²) < 4.78 is 0. The molecule has 0 amide bonds. The summed E-state index contributed by atoms with van der Waals surface area (Å²) in [5.74, 6) is 0.648. The van der Waals surface area contributed by atoms with Crippen molar-refractivity contribution >= 4 is 0 Å². The van der Waals surface area contributed by atoms with Crippen LogP contribution in [-0.4, -0.2) is 6.04 Å². The molecular formula is C12H25N. The van der Waals surface area contributed by atoms with Gasteiger partial charge in [0.2, 0.25) is 0 Å². The summed E-state index contributed by atoms with van der Waals surface area (Å²) >= 11 is 0. The zero-order chi connectivity index (χ0) is 10.3. The van der Waals surface area contributed by atoms with Crippen molar-refractivity contribution in [3.05, 3.63) is 12.2 Å². The van der Waals surface area contributed by atoms with Gasteiger partial charge < -0.3 is 5.73 Å². The van der Waals surface area contributed by atoms with Gasteiger partial charge in [-0.3, -0.25) is 0 Å². The maximum atomic E-state index is 5.94. The highest BCUT2D eigenvalue weighted by atomic mass is 14.6. The molecule has 0 spiro atoms. The maximum absolute atomic E-state index is 5.94. The summed E-state index contributed by atoms with van der Waals surface area (Å²) in [6.07, 6.45) is 5.75. The van der Waals surface area contributed by atoms with Gasteiger partial charge in [0.1, 0.15) is 0 Å². The first kappa shape index (κ1) is 12.7. The van der Waals surface area contributed by atoms with Crippen LogP contribution in [0.5, 0.6) is 0 Å². The van der Waals surface area contributed by atoms with E-state index in [0.29, 0.717) is 12.0 Å². The fourth-order valence-corrected chi connectivity index (χ4v) is 1.68. The first-order valence-corrected chi connectivity index (χ1v) is 5.58. The molecular weight excluding hydrogens is 158 g/mol. The van der Waals surface area contributed by atoms with Crippen LogP contribution in [0.2, 0.25) is 0 Å². The monoisotopic (exact) mass is 183 g/mol. The third-order valence-corrected chi connectivity index (χ3v) is 2.75. The molecule has 0 aromatic heterocycles. The number of hydrogen-bond acceptors (Lipinski definition) is 1. The van der Waals surface area contributed by atoms with Crippen LogP contribution >= 0.6 is 0 Å². The van der Waals surface area contributed by atoms with E-state index in [-0.39, 0.29) is 0 Å². The summed E-state index contributed by atoms with van der Waals surface area (Å²) in [5, 5.41) is 0. The molecule has 0 bridgehead atoms. The van der Waals surface area contributed by atoms with Crippen molar-refractivity contribution in [2.45, 2.75) is 58.9 Å². The predicted molar refractivity (Wildman–Crippen MR) is 60.7 cm³/mol. The fraction of sp³-hybridized carbons (Fsp3) is 0.833. The number of hydrogen-bond donors (Lipinski definition) is 1. The van der Waals surface area contributed by atoms with Crippen molar-refractivity contribution in [3.63, 3.8) is 0 Å². The SMILES string of the molecule is C=C(CCC)C(CC)CC(N)CC.